The van der Waals surface area contributed by atoms with Crippen molar-refractivity contribution in [1.29, 1.82) is 0 Å². The maximum Gasteiger partial charge on any atom is 0.0727 e. The minimum absolute atomic E-state index is 0.338. The van der Waals surface area contributed by atoms with Gasteiger partial charge < -0.3 is 0 Å². The lowest BCUT2D eigenvalue weighted by molar-refractivity contribution is 0.778. The molecule has 0 N–H and O–H groups in total. The molecule has 0 radical (unpaired) electrons. The van der Waals surface area contributed by atoms with Crippen LogP contribution in [-0.2, 0) is 5.41 Å². The Bertz CT molecular complexity index is 1580. The molecule has 0 saturated carbocycles. The molecule has 150 valence electrons. The second-order valence-corrected chi connectivity index (χ2v) is 9.54. The zero-order chi connectivity index (χ0) is 21.1. The van der Waals surface area contributed by atoms with E-state index in [1.165, 1.54) is 53.6 Å². The highest BCUT2D eigenvalue weighted by Gasteiger charge is 2.46. The predicted octanol–water partition coefficient (Wildman–Crippen LogP) is 8.42. The molecule has 0 fully saturated rings. The zero-order valence-electron chi connectivity index (χ0n) is 17.5. The molecule has 0 amide bonds. The number of hydrogen-bond acceptors (Lipinski definition) is 1. The van der Waals surface area contributed by atoms with Crippen LogP contribution in [0.2, 0.25) is 0 Å². The van der Waals surface area contributed by atoms with Crippen LogP contribution in [0.25, 0.3) is 31.3 Å². The molecule has 0 unspecified atom stereocenters. The van der Waals surface area contributed by atoms with E-state index < -0.39 is 0 Å². The van der Waals surface area contributed by atoms with Gasteiger partial charge in [0.05, 0.1) is 5.41 Å². The van der Waals surface area contributed by atoms with Gasteiger partial charge in [0.15, 0.2) is 0 Å². The number of hydrogen-bond donors (Lipinski definition) is 0. The molecule has 0 saturated heterocycles. The summed E-state index contributed by atoms with van der Waals surface area (Å²) in [6, 6.07) is 44.6. The summed E-state index contributed by atoms with van der Waals surface area (Å²) in [7, 11) is 0. The monoisotopic (exact) mass is 424 g/mol. The van der Waals surface area contributed by atoms with Crippen molar-refractivity contribution < 1.29 is 0 Å². The van der Waals surface area contributed by atoms with Gasteiger partial charge in [-0.3, -0.25) is 0 Å². The standard InChI is InChI=1S/C31H20S/c1-2-11-21(12-3-1)31(26-17-7-4-13-22(26)23-14-5-8-18-27(23)31)28-19-10-16-25-24-15-6-9-20-29(24)32-30(25)28/h1-20H. The van der Waals surface area contributed by atoms with Crippen molar-refractivity contribution in [3.63, 3.8) is 0 Å². The first-order valence-corrected chi connectivity index (χ1v) is 11.9. The maximum absolute atomic E-state index is 2.35. The Morgan fingerprint density at radius 3 is 1.75 bits per heavy atom. The molecule has 0 atom stereocenters. The van der Waals surface area contributed by atoms with Gasteiger partial charge in [0.25, 0.3) is 0 Å². The van der Waals surface area contributed by atoms with Crippen LogP contribution in [0.3, 0.4) is 0 Å². The number of thiophene rings is 1. The van der Waals surface area contributed by atoms with Crippen molar-refractivity contribution in [2.24, 2.45) is 0 Å². The molecular formula is C31H20S. The minimum Gasteiger partial charge on any atom is -0.135 e. The SMILES string of the molecule is c1ccc(C2(c3cccc4c3sc3ccccc34)c3ccccc3-c3ccccc32)cc1. The van der Waals surface area contributed by atoms with Crippen LogP contribution in [0.15, 0.2) is 121 Å². The lowest BCUT2D eigenvalue weighted by Gasteiger charge is -2.34. The summed E-state index contributed by atoms with van der Waals surface area (Å²) in [4.78, 5) is 0. The number of rotatable bonds is 2. The van der Waals surface area contributed by atoms with Crippen LogP contribution in [0.5, 0.6) is 0 Å². The Labute approximate surface area is 191 Å². The zero-order valence-corrected chi connectivity index (χ0v) is 18.3. The molecule has 0 bridgehead atoms. The van der Waals surface area contributed by atoms with E-state index in [1.807, 2.05) is 11.3 Å². The van der Waals surface area contributed by atoms with Crippen LogP contribution < -0.4 is 0 Å². The molecule has 1 aliphatic rings. The highest BCUT2D eigenvalue weighted by Crippen LogP contribution is 2.58. The average Bonchev–Trinajstić information content (AvgIpc) is 3.39. The molecule has 1 aromatic heterocycles. The molecular weight excluding hydrogens is 404 g/mol. The van der Waals surface area contributed by atoms with Crippen LogP contribution in [-0.4, -0.2) is 0 Å². The Hall–Kier alpha value is -3.68. The maximum atomic E-state index is 2.35. The predicted molar refractivity (Wildman–Crippen MR) is 137 cm³/mol. The third-order valence-corrected chi connectivity index (χ3v) is 8.19. The van der Waals surface area contributed by atoms with Crippen molar-refractivity contribution in [1.82, 2.24) is 0 Å². The second kappa shape index (κ2) is 6.66. The van der Waals surface area contributed by atoms with Gasteiger partial charge in [-0.15, -0.1) is 11.3 Å². The molecule has 0 aliphatic heterocycles. The lowest BCUT2D eigenvalue weighted by Crippen LogP contribution is -2.28. The third kappa shape index (κ3) is 2.21. The van der Waals surface area contributed by atoms with E-state index in [4.69, 9.17) is 0 Å². The van der Waals surface area contributed by atoms with Crippen molar-refractivity contribution in [2.75, 3.05) is 0 Å². The van der Waals surface area contributed by atoms with E-state index in [1.54, 1.807) is 0 Å². The highest BCUT2D eigenvalue weighted by atomic mass is 32.1. The van der Waals surface area contributed by atoms with Crippen LogP contribution in [0.1, 0.15) is 22.3 Å². The summed E-state index contributed by atoms with van der Waals surface area (Å²) >= 11 is 1.92. The Balaban J connectivity index is 1.72. The van der Waals surface area contributed by atoms with Gasteiger partial charge in [0.1, 0.15) is 0 Å². The molecule has 32 heavy (non-hydrogen) atoms. The van der Waals surface area contributed by atoms with E-state index >= 15 is 0 Å². The van der Waals surface area contributed by atoms with Crippen LogP contribution in [0.4, 0.5) is 0 Å². The fourth-order valence-electron chi connectivity index (χ4n) is 5.72. The Kier molecular flexibility index (Phi) is 3.73. The second-order valence-electron chi connectivity index (χ2n) is 8.49. The van der Waals surface area contributed by atoms with Gasteiger partial charge in [-0.25, -0.2) is 0 Å². The van der Waals surface area contributed by atoms with Gasteiger partial charge in [0, 0.05) is 20.2 Å². The first-order valence-electron chi connectivity index (χ1n) is 11.0. The molecule has 0 spiro atoms. The first kappa shape index (κ1) is 17.9. The smallest absolute Gasteiger partial charge is 0.0727 e. The van der Waals surface area contributed by atoms with Gasteiger partial charge in [0.2, 0.25) is 0 Å². The van der Waals surface area contributed by atoms with Gasteiger partial charge >= 0.3 is 0 Å². The Morgan fingerprint density at radius 2 is 1.00 bits per heavy atom. The largest absolute Gasteiger partial charge is 0.135 e. The van der Waals surface area contributed by atoms with Crippen molar-refractivity contribution in [3.8, 4) is 11.1 Å². The van der Waals surface area contributed by atoms with E-state index in [-0.39, 0.29) is 5.41 Å². The molecule has 6 aromatic rings. The molecule has 1 heterocycles. The quantitative estimate of drug-likeness (QED) is 0.261. The summed E-state index contributed by atoms with van der Waals surface area (Å²) in [5, 5.41) is 2.69. The fraction of sp³-hybridized carbons (Fsp3) is 0.0323. The summed E-state index contributed by atoms with van der Waals surface area (Å²) in [5.74, 6) is 0. The van der Waals surface area contributed by atoms with E-state index in [9.17, 15) is 0 Å². The van der Waals surface area contributed by atoms with Crippen LogP contribution in [0, 0.1) is 0 Å². The summed E-state index contributed by atoms with van der Waals surface area (Å²) in [6.07, 6.45) is 0. The van der Waals surface area contributed by atoms with E-state index in [0.29, 0.717) is 0 Å². The third-order valence-electron chi connectivity index (χ3n) is 6.97. The average molecular weight is 425 g/mol. The fourth-order valence-corrected chi connectivity index (χ4v) is 7.00. The number of fused-ring (bicyclic) bond motifs is 6. The van der Waals surface area contributed by atoms with Crippen molar-refractivity contribution in [3.05, 3.63) is 144 Å². The van der Waals surface area contributed by atoms with E-state index in [2.05, 4.69) is 121 Å². The van der Waals surface area contributed by atoms with Gasteiger partial charge in [-0.2, -0.15) is 0 Å². The van der Waals surface area contributed by atoms with Gasteiger partial charge in [-0.1, -0.05) is 115 Å². The summed E-state index contributed by atoms with van der Waals surface area (Å²) in [6.45, 7) is 0. The molecule has 0 nitrogen and oxygen atoms in total. The topological polar surface area (TPSA) is 0 Å². The van der Waals surface area contributed by atoms with E-state index in [0.717, 1.165) is 0 Å². The molecule has 1 heteroatoms. The summed E-state index contributed by atoms with van der Waals surface area (Å²) < 4.78 is 2.72. The van der Waals surface area contributed by atoms with Crippen molar-refractivity contribution in [2.45, 2.75) is 5.41 Å². The first-order chi connectivity index (χ1) is 15.9. The highest BCUT2D eigenvalue weighted by molar-refractivity contribution is 7.26. The Morgan fingerprint density at radius 1 is 0.438 bits per heavy atom. The lowest BCUT2D eigenvalue weighted by atomic mass is 9.67. The molecule has 7 rings (SSSR count). The van der Waals surface area contributed by atoms with Gasteiger partial charge in [-0.05, 0) is 39.4 Å². The molecule has 1 aliphatic carbocycles. The summed E-state index contributed by atoms with van der Waals surface area (Å²) in [5.41, 5.74) is 7.78. The number of benzene rings is 5. The normalized spacial score (nSPS) is 13.9. The van der Waals surface area contributed by atoms with Crippen molar-refractivity contribution >= 4 is 31.5 Å². The van der Waals surface area contributed by atoms with Crippen LogP contribution >= 0.6 is 11.3 Å². The minimum atomic E-state index is -0.338. The molecule has 5 aromatic carbocycles.